The van der Waals surface area contributed by atoms with E-state index in [0.717, 1.165) is 23.6 Å². The Labute approximate surface area is 79.7 Å². The van der Waals surface area contributed by atoms with E-state index in [1.165, 1.54) is 0 Å². The van der Waals surface area contributed by atoms with Gasteiger partial charge in [-0.1, -0.05) is 13.8 Å². The zero-order valence-corrected chi connectivity index (χ0v) is 8.50. The maximum atomic E-state index is 5.69. The lowest BCUT2D eigenvalue weighted by atomic mass is 10.2. The summed E-state index contributed by atoms with van der Waals surface area (Å²) in [5.74, 6) is 1.46. The second-order valence-corrected chi connectivity index (χ2v) is 3.72. The van der Waals surface area contributed by atoms with Crippen molar-refractivity contribution >= 4 is 5.69 Å². The molecular formula is C11H17NO. The van der Waals surface area contributed by atoms with Crippen LogP contribution in [0.15, 0.2) is 18.2 Å². The number of ether oxygens (including phenoxy) is 1. The van der Waals surface area contributed by atoms with E-state index in [2.05, 4.69) is 13.8 Å². The van der Waals surface area contributed by atoms with Gasteiger partial charge in [-0.05, 0) is 36.6 Å². The molecule has 1 aromatic rings. The zero-order chi connectivity index (χ0) is 9.84. The molecule has 13 heavy (non-hydrogen) atoms. The second kappa shape index (κ2) is 4.17. The second-order valence-electron chi connectivity index (χ2n) is 3.72. The number of rotatable bonds is 3. The summed E-state index contributed by atoms with van der Waals surface area (Å²) in [6.45, 7) is 7.00. The molecule has 0 aliphatic heterocycles. The first-order valence-corrected chi connectivity index (χ1v) is 4.58. The van der Waals surface area contributed by atoms with Crippen LogP contribution in [-0.2, 0) is 0 Å². The van der Waals surface area contributed by atoms with Crippen molar-refractivity contribution in [2.24, 2.45) is 5.92 Å². The summed E-state index contributed by atoms with van der Waals surface area (Å²) in [6.07, 6.45) is 0. The molecule has 0 aromatic heterocycles. The SMILES string of the molecule is Cc1cc(OCC(C)C)ccc1N. The van der Waals surface area contributed by atoms with Crippen molar-refractivity contribution in [2.75, 3.05) is 12.3 Å². The van der Waals surface area contributed by atoms with E-state index in [-0.39, 0.29) is 0 Å². The molecule has 2 nitrogen and oxygen atoms in total. The smallest absolute Gasteiger partial charge is 0.119 e. The molecule has 0 aliphatic rings. The van der Waals surface area contributed by atoms with Gasteiger partial charge in [0.1, 0.15) is 5.75 Å². The van der Waals surface area contributed by atoms with Crippen LogP contribution in [0.1, 0.15) is 19.4 Å². The van der Waals surface area contributed by atoms with Gasteiger partial charge in [-0.15, -0.1) is 0 Å². The highest BCUT2D eigenvalue weighted by atomic mass is 16.5. The van der Waals surface area contributed by atoms with Crippen LogP contribution in [-0.4, -0.2) is 6.61 Å². The zero-order valence-electron chi connectivity index (χ0n) is 8.50. The molecule has 0 fully saturated rings. The van der Waals surface area contributed by atoms with Crippen molar-refractivity contribution in [3.8, 4) is 5.75 Å². The Hall–Kier alpha value is -1.18. The van der Waals surface area contributed by atoms with E-state index in [9.17, 15) is 0 Å². The molecule has 0 atom stereocenters. The molecule has 0 unspecified atom stereocenters. The number of hydrogen-bond acceptors (Lipinski definition) is 2. The molecule has 1 rings (SSSR count). The Kier molecular flexibility index (Phi) is 3.18. The lowest BCUT2D eigenvalue weighted by Gasteiger charge is -2.09. The summed E-state index contributed by atoms with van der Waals surface area (Å²) in [6, 6.07) is 5.76. The molecule has 72 valence electrons. The van der Waals surface area contributed by atoms with Crippen LogP contribution in [0.5, 0.6) is 5.75 Å². The predicted molar refractivity (Wildman–Crippen MR) is 55.9 cm³/mol. The number of nitrogen functional groups attached to an aromatic ring is 1. The van der Waals surface area contributed by atoms with Crippen LogP contribution in [0.3, 0.4) is 0 Å². The molecule has 0 radical (unpaired) electrons. The van der Waals surface area contributed by atoms with E-state index in [1.54, 1.807) is 0 Å². The van der Waals surface area contributed by atoms with Gasteiger partial charge in [0.25, 0.3) is 0 Å². The van der Waals surface area contributed by atoms with E-state index < -0.39 is 0 Å². The first-order valence-electron chi connectivity index (χ1n) is 4.58. The van der Waals surface area contributed by atoms with Gasteiger partial charge < -0.3 is 10.5 Å². The van der Waals surface area contributed by atoms with Gasteiger partial charge in [0.2, 0.25) is 0 Å². The fourth-order valence-electron chi connectivity index (χ4n) is 1.00. The minimum absolute atomic E-state index is 0.554. The molecule has 0 spiro atoms. The molecule has 0 bridgehead atoms. The molecule has 2 heteroatoms. The van der Waals surface area contributed by atoms with Crippen molar-refractivity contribution in [1.29, 1.82) is 0 Å². The normalized spacial score (nSPS) is 10.5. The first-order chi connectivity index (χ1) is 6.09. The van der Waals surface area contributed by atoms with Gasteiger partial charge in [0, 0.05) is 5.69 Å². The molecule has 2 N–H and O–H groups in total. The molecule has 0 saturated carbocycles. The predicted octanol–water partition coefficient (Wildman–Crippen LogP) is 2.61. The van der Waals surface area contributed by atoms with Gasteiger partial charge in [0.15, 0.2) is 0 Å². The van der Waals surface area contributed by atoms with Crippen molar-refractivity contribution in [3.63, 3.8) is 0 Å². The third-order valence-electron chi connectivity index (χ3n) is 1.82. The standard InChI is InChI=1S/C11H17NO/c1-8(2)7-13-10-4-5-11(12)9(3)6-10/h4-6,8H,7,12H2,1-3H3. The highest BCUT2D eigenvalue weighted by Gasteiger charge is 1.98. The monoisotopic (exact) mass is 179 g/mol. The van der Waals surface area contributed by atoms with E-state index in [1.807, 2.05) is 25.1 Å². The minimum atomic E-state index is 0.554. The summed E-state index contributed by atoms with van der Waals surface area (Å²) in [4.78, 5) is 0. The third-order valence-corrected chi connectivity index (χ3v) is 1.82. The van der Waals surface area contributed by atoms with Crippen molar-refractivity contribution < 1.29 is 4.74 Å². The lowest BCUT2D eigenvalue weighted by molar-refractivity contribution is 0.271. The molecule has 0 aliphatic carbocycles. The van der Waals surface area contributed by atoms with Gasteiger partial charge in [-0.2, -0.15) is 0 Å². The summed E-state index contributed by atoms with van der Waals surface area (Å²) in [5, 5.41) is 0. The van der Waals surface area contributed by atoms with Gasteiger partial charge in [0.05, 0.1) is 6.61 Å². The minimum Gasteiger partial charge on any atom is -0.493 e. The highest BCUT2D eigenvalue weighted by molar-refractivity contribution is 5.49. The highest BCUT2D eigenvalue weighted by Crippen LogP contribution is 2.18. The number of benzene rings is 1. The fraction of sp³-hybridized carbons (Fsp3) is 0.455. The maximum Gasteiger partial charge on any atom is 0.119 e. The lowest BCUT2D eigenvalue weighted by Crippen LogP contribution is -2.04. The topological polar surface area (TPSA) is 35.2 Å². The average Bonchev–Trinajstić information content (AvgIpc) is 2.07. The number of anilines is 1. The van der Waals surface area contributed by atoms with Crippen LogP contribution in [0.2, 0.25) is 0 Å². The van der Waals surface area contributed by atoms with Gasteiger partial charge >= 0.3 is 0 Å². The molecule has 0 amide bonds. The third kappa shape index (κ3) is 2.98. The molecular weight excluding hydrogens is 162 g/mol. The average molecular weight is 179 g/mol. The Morgan fingerprint density at radius 2 is 2.08 bits per heavy atom. The summed E-state index contributed by atoms with van der Waals surface area (Å²) in [7, 11) is 0. The largest absolute Gasteiger partial charge is 0.493 e. The van der Waals surface area contributed by atoms with Crippen molar-refractivity contribution in [3.05, 3.63) is 23.8 Å². The van der Waals surface area contributed by atoms with Crippen LogP contribution >= 0.6 is 0 Å². The summed E-state index contributed by atoms with van der Waals surface area (Å²) < 4.78 is 5.55. The Bertz CT molecular complexity index is 281. The van der Waals surface area contributed by atoms with Crippen LogP contribution in [0, 0.1) is 12.8 Å². The number of nitrogens with two attached hydrogens (primary N) is 1. The van der Waals surface area contributed by atoms with Crippen molar-refractivity contribution in [2.45, 2.75) is 20.8 Å². The molecule has 0 heterocycles. The van der Waals surface area contributed by atoms with Crippen LogP contribution in [0.25, 0.3) is 0 Å². The Morgan fingerprint density at radius 3 is 2.62 bits per heavy atom. The van der Waals surface area contributed by atoms with Crippen LogP contribution < -0.4 is 10.5 Å². The number of hydrogen-bond donors (Lipinski definition) is 1. The van der Waals surface area contributed by atoms with E-state index in [0.29, 0.717) is 5.92 Å². The van der Waals surface area contributed by atoms with E-state index in [4.69, 9.17) is 10.5 Å². The Morgan fingerprint density at radius 1 is 1.38 bits per heavy atom. The van der Waals surface area contributed by atoms with Crippen LogP contribution in [0.4, 0.5) is 5.69 Å². The quantitative estimate of drug-likeness (QED) is 0.724. The van der Waals surface area contributed by atoms with Gasteiger partial charge in [-0.3, -0.25) is 0 Å². The molecule has 1 aromatic carbocycles. The summed E-state index contributed by atoms with van der Waals surface area (Å²) in [5.41, 5.74) is 7.58. The van der Waals surface area contributed by atoms with Crippen molar-refractivity contribution in [1.82, 2.24) is 0 Å². The number of aryl methyl sites for hydroxylation is 1. The van der Waals surface area contributed by atoms with Gasteiger partial charge in [-0.25, -0.2) is 0 Å². The summed E-state index contributed by atoms with van der Waals surface area (Å²) >= 11 is 0. The first kappa shape index (κ1) is 9.90. The Balaban J connectivity index is 2.63. The molecule has 0 saturated heterocycles. The van der Waals surface area contributed by atoms with E-state index >= 15 is 0 Å². The fourth-order valence-corrected chi connectivity index (χ4v) is 1.00. The maximum absolute atomic E-state index is 5.69.